The molecule has 0 bridgehead atoms. The van der Waals surface area contributed by atoms with Crippen molar-refractivity contribution >= 4 is 16.1 Å². The fourth-order valence-corrected chi connectivity index (χ4v) is 5.46. The third-order valence-corrected chi connectivity index (χ3v) is 7.96. The number of rotatable bonds is 5. The van der Waals surface area contributed by atoms with Crippen LogP contribution in [0.25, 0.3) is 0 Å². The van der Waals surface area contributed by atoms with Crippen LogP contribution < -0.4 is 9.47 Å². The lowest BCUT2D eigenvalue weighted by Crippen LogP contribution is -2.53. The molecule has 0 aliphatic carbocycles. The Morgan fingerprint density at radius 1 is 1.10 bits per heavy atom. The second kappa shape index (κ2) is 8.70. The van der Waals surface area contributed by atoms with Crippen LogP contribution in [0.4, 0.5) is 0 Å². The highest BCUT2D eigenvalue weighted by atomic mass is 32.2. The van der Waals surface area contributed by atoms with E-state index in [9.17, 15) is 13.2 Å². The lowest BCUT2D eigenvalue weighted by atomic mass is 9.97. The maximum absolute atomic E-state index is 13.0. The van der Waals surface area contributed by atoms with Crippen LogP contribution in [0.3, 0.4) is 0 Å². The number of piperidine rings is 1. The van der Waals surface area contributed by atoms with Crippen LogP contribution in [0.2, 0.25) is 0 Å². The summed E-state index contributed by atoms with van der Waals surface area (Å²) in [5, 5.41) is 0. The number of carbonyl (C=O) groups is 1. The molecule has 0 saturated carbocycles. The summed E-state index contributed by atoms with van der Waals surface area (Å²) in [7, 11) is -0.421. The third-order valence-electron chi connectivity index (χ3n) is 6.05. The third kappa shape index (κ3) is 4.41. The molecule has 30 heavy (non-hydrogen) atoms. The summed E-state index contributed by atoms with van der Waals surface area (Å²) in [6.07, 6.45) is 1.46. The standard InChI is InChI=1S/C20H30N4O5S/c1-21(2)30(26,27)24-7-3-4-17(14-24)20(25)23-10-8-22(9-11-23)13-16-5-6-18-19(12-16)29-15-28-18/h5-6,12,17H,3-4,7-11,13-15H2,1-2H3/t17-/m0/s1. The Kier molecular flexibility index (Phi) is 6.19. The number of hydrogen-bond acceptors (Lipinski definition) is 6. The number of amides is 1. The molecule has 0 radical (unpaired) electrons. The van der Waals surface area contributed by atoms with Crippen LogP contribution in [0.15, 0.2) is 18.2 Å². The Labute approximate surface area is 178 Å². The quantitative estimate of drug-likeness (QED) is 0.669. The van der Waals surface area contributed by atoms with E-state index in [0.717, 1.165) is 43.1 Å². The second-order valence-corrected chi connectivity index (χ2v) is 10.4. The smallest absolute Gasteiger partial charge is 0.281 e. The van der Waals surface area contributed by atoms with Crippen LogP contribution >= 0.6 is 0 Å². The van der Waals surface area contributed by atoms with Crippen molar-refractivity contribution in [1.29, 1.82) is 0 Å². The monoisotopic (exact) mass is 438 g/mol. The van der Waals surface area contributed by atoms with Crippen molar-refractivity contribution in [3.63, 3.8) is 0 Å². The summed E-state index contributed by atoms with van der Waals surface area (Å²) in [6.45, 7) is 4.76. The molecule has 2 saturated heterocycles. The van der Waals surface area contributed by atoms with Gasteiger partial charge in [-0.1, -0.05) is 6.07 Å². The van der Waals surface area contributed by atoms with E-state index in [1.807, 2.05) is 23.1 Å². The minimum Gasteiger partial charge on any atom is -0.454 e. The van der Waals surface area contributed by atoms with Gasteiger partial charge in [-0.25, -0.2) is 0 Å². The topological polar surface area (TPSA) is 82.6 Å². The zero-order valence-electron chi connectivity index (χ0n) is 17.6. The van der Waals surface area contributed by atoms with Crippen molar-refractivity contribution in [3.8, 4) is 11.5 Å². The van der Waals surface area contributed by atoms with Crippen molar-refractivity contribution in [1.82, 2.24) is 18.4 Å². The molecule has 10 heteroatoms. The van der Waals surface area contributed by atoms with Gasteiger partial charge < -0.3 is 14.4 Å². The Morgan fingerprint density at radius 3 is 2.57 bits per heavy atom. The number of nitrogens with zero attached hydrogens (tertiary/aromatic N) is 4. The van der Waals surface area contributed by atoms with Gasteiger partial charge in [0.1, 0.15) is 0 Å². The second-order valence-electron chi connectivity index (χ2n) is 8.28. The molecule has 4 rings (SSSR count). The molecule has 1 aromatic rings. The molecule has 0 unspecified atom stereocenters. The maximum atomic E-state index is 13.0. The Bertz CT molecular complexity index is 883. The molecule has 1 atom stereocenters. The zero-order chi connectivity index (χ0) is 21.3. The van der Waals surface area contributed by atoms with Crippen molar-refractivity contribution < 1.29 is 22.7 Å². The lowest BCUT2D eigenvalue weighted by molar-refractivity contribution is -0.138. The van der Waals surface area contributed by atoms with Crippen molar-refractivity contribution in [2.75, 3.05) is 60.2 Å². The van der Waals surface area contributed by atoms with E-state index in [4.69, 9.17) is 9.47 Å². The maximum Gasteiger partial charge on any atom is 0.281 e. The highest BCUT2D eigenvalue weighted by molar-refractivity contribution is 7.86. The summed E-state index contributed by atoms with van der Waals surface area (Å²) < 4.78 is 38.3. The first-order chi connectivity index (χ1) is 14.3. The van der Waals surface area contributed by atoms with Gasteiger partial charge in [-0.05, 0) is 30.5 Å². The lowest BCUT2D eigenvalue weighted by Gasteiger charge is -2.39. The molecule has 3 aliphatic heterocycles. The van der Waals surface area contributed by atoms with Gasteiger partial charge in [-0.15, -0.1) is 0 Å². The normalized spacial score (nSPS) is 23.2. The Hall–Kier alpha value is -1.88. The van der Waals surface area contributed by atoms with Crippen LogP contribution in [0.5, 0.6) is 11.5 Å². The highest BCUT2D eigenvalue weighted by Crippen LogP contribution is 2.33. The summed E-state index contributed by atoms with van der Waals surface area (Å²) in [4.78, 5) is 17.3. The SMILES string of the molecule is CN(C)S(=O)(=O)N1CCC[C@H](C(=O)N2CCN(Cc3ccc4c(c3)OCO4)CC2)C1. The van der Waals surface area contributed by atoms with Gasteiger partial charge in [0.05, 0.1) is 5.92 Å². The van der Waals surface area contributed by atoms with E-state index in [1.54, 1.807) is 0 Å². The van der Waals surface area contributed by atoms with Crippen molar-refractivity contribution in [3.05, 3.63) is 23.8 Å². The number of carbonyl (C=O) groups excluding carboxylic acids is 1. The first kappa shape index (κ1) is 21.4. The molecule has 3 aliphatic rings. The van der Waals surface area contributed by atoms with E-state index >= 15 is 0 Å². The number of hydrogen-bond donors (Lipinski definition) is 0. The fourth-order valence-electron chi connectivity index (χ4n) is 4.27. The van der Waals surface area contributed by atoms with Crippen molar-refractivity contribution in [2.24, 2.45) is 5.92 Å². The van der Waals surface area contributed by atoms with Crippen LogP contribution in [0, 0.1) is 5.92 Å². The number of fused-ring (bicyclic) bond motifs is 1. The fraction of sp³-hybridized carbons (Fsp3) is 0.650. The molecule has 0 aromatic heterocycles. The van der Waals surface area contributed by atoms with E-state index in [0.29, 0.717) is 26.1 Å². The van der Waals surface area contributed by atoms with E-state index in [-0.39, 0.29) is 25.2 Å². The predicted molar refractivity (Wildman–Crippen MR) is 111 cm³/mol. The molecule has 1 amide bonds. The van der Waals surface area contributed by atoms with Gasteiger partial charge in [0.25, 0.3) is 10.2 Å². The van der Waals surface area contributed by atoms with Crippen LogP contribution in [0.1, 0.15) is 18.4 Å². The molecular weight excluding hydrogens is 408 g/mol. The molecule has 2 fully saturated rings. The average Bonchev–Trinajstić information content (AvgIpc) is 3.21. The molecule has 166 valence electrons. The first-order valence-corrected chi connectivity index (χ1v) is 11.8. The van der Waals surface area contributed by atoms with Gasteiger partial charge in [-0.2, -0.15) is 17.0 Å². The molecule has 3 heterocycles. The number of ether oxygens (including phenoxy) is 2. The largest absolute Gasteiger partial charge is 0.454 e. The average molecular weight is 439 g/mol. The molecule has 0 N–H and O–H groups in total. The van der Waals surface area contributed by atoms with Gasteiger partial charge in [0, 0.05) is 59.9 Å². The molecule has 0 spiro atoms. The number of piperazine rings is 1. The van der Waals surface area contributed by atoms with E-state index in [1.165, 1.54) is 22.7 Å². The zero-order valence-corrected chi connectivity index (χ0v) is 18.4. The van der Waals surface area contributed by atoms with Gasteiger partial charge in [-0.3, -0.25) is 9.69 Å². The summed E-state index contributed by atoms with van der Waals surface area (Å²) in [5.74, 6) is 1.40. The van der Waals surface area contributed by atoms with E-state index < -0.39 is 10.2 Å². The molecular formula is C20H30N4O5S. The van der Waals surface area contributed by atoms with Crippen LogP contribution in [-0.2, 0) is 21.5 Å². The van der Waals surface area contributed by atoms with Crippen molar-refractivity contribution in [2.45, 2.75) is 19.4 Å². The minimum absolute atomic E-state index is 0.0800. The predicted octanol–water partition coefficient (Wildman–Crippen LogP) is 0.578. The Balaban J connectivity index is 1.30. The van der Waals surface area contributed by atoms with Gasteiger partial charge in [0.2, 0.25) is 12.7 Å². The van der Waals surface area contributed by atoms with E-state index in [2.05, 4.69) is 4.90 Å². The first-order valence-electron chi connectivity index (χ1n) is 10.4. The van der Waals surface area contributed by atoms with Crippen LogP contribution in [-0.4, -0.2) is 92.9 Å². The Morgan fingerprint density at radius 2 is 1.83 bits per heavy atom. The molecule has 9 nitrogen and oxygen atoms in total. The molecule has 1 aromatic carbocycles. The summed E-state index contributed by atoms with van der Waals surface area (Å²) >= 11 is 0. The van der Waals surface area contributed by atoms with Gasteiger partial charge >= 0.3 is 0 Å². The minimum atomic E-state index is -3.48. The number of benzene rings is 1. The highest BCUT2D eigenvalue weighted by Gasteiger charge is 2.36. The van der Waals surface area contributed by atoms with Gasteiger partial charge in [0.15, 0.2) is 11.5 Å². The summed E-state index contributed by atoms with van der Waals surface area (Å²) in [6, 6.07) is 6.00. The summed E-state index contributed by atoms with van der Waals surface area (Å²) in [5.41, 5.74) is 1.16.